The van der Waals surface area contributed by atoms with E-state index in [4.69, 9.17) is 5.11 Å². The standard InChI is InChI=1S/C11HF22NO2.Ba.2H/c12-2(13,1(35)36)9(28,29)34(10(30,31)5(18,19)3(14,15)7(22,23)24)11(32,33)6(20,21)4(16,17)8(25,26)27;;;/h(H,35,36);;;/q;+2;2*-1. The van der Waals surface area contributed by atoms with Crippen molar-refractivity contribution in [3.8, 4) is 0 Å². The van der Waals surface area contributed by atoms with Crippen LogP contribution in [0.5, 0.6) is 0 Å². The smallest absolute Gasteiger partial charge is 1.00 e. The van der Waals surface area contributed by atoms with Crippen LogP contribution in [0.25, 0.3) is 0 Å². The first-order valence-electron chi connectivity index (χ1n) is 7.26. The first-order valence-corrected chi connectivity index (χ1v) is 7.26. The van der Waals surface area contributed by atoms with Gasteiger partial charge in [0.2, 0.25) is 0 Å². The summed E-state index contributed by atoms with van der Waals surface area (Å²) in [6.07, 6.45) is -16.4. The van der Waals surface area contributed by atoms with Gasteiger partial charge in [-0.2, -0.15) is 96.6 Å². The van der Waals surface area contributed by atoms with Crippen LogP contribution >= 0.6 is 0 Å². The van der Waals surface area contributed by atoms with Gasteiger partial charge in [0.1, 0.15) is 0 Å². The van der Waals surface area contributed by atoms with Crippen LogP contribution < -0.4 is 0 Å². The molecule has 0 atom stereocenters. The zero-order valence-corrected chi connectivity index (χ0v) is 20.3. The van der Waals surface area contributed by atoms with Crippen LogP contribution in [0.3, 0.4) is 0 Å². The van der Waals surface area contributed by atoms with E-state index < -0.39 is 71.0 Å². The molecule has 0 rings (SSSR count). The molecular weight excluding hydrogens is 733 g/mol. The molecule has 0 aromatic heterocycles. The van der Waals surface area contributed by atoms with E-state index in [-0.39, 0.29) is 51.7 Å². The maximum atomic E-state index is 13.7. The average molecular weight is 736 g/mol. The topological polar surface area (TPSA) is 40.5 Å². The van der Waals surface area contributed by atoms with E-state index in [9.17, 15) is 101 Å². The molecule has 0 aliphatic heterocycles. The number of hydrogen-bond acceptors (Lipinski definition) is 2. The summed E-state index contributed by atoms with van der Waals surface area (Å²) in [6, 6.07) is -27.5. The summed E-state index contributed by atoms with van der Waals surface area (Å²) in [6.45, 7) is 0. The second-order valence-electron chi connectivity index (χ2n) is 6.13. The zero-order chi connectivity index (χ0) is 30.2. The quantitative estimate of drug-likeness (QED) is 0.172. The van der Waals surface area contributed by atoms with Gasteiger partial charge >= 0.3 is 115 Å². The van der Waals surface area contributed by atoms with Crippen molar-refractivity contribution < 1.29 is 109 Å². The van der Waals surface area contributed by atoms with E-state index in [1.165, 1.54) is 0 Å². The summed E-state index contributed by atoms with van der Waals surface area (Å²) in [7, 11) is 0. The average Bonchev–Trinajstić information content (AvgIpc) is 2.57. The number of halogens is 22. The minimum Gasteiger partial charge on any atom is -1.00 e. The van der Waals surface area contributed by atoms with Crippen molar-refractivity contribution in [2.75, 3.05) is 0 Å². The molecule has 0 amide bonds. The number of nitrogens with zero attached hydrogens (tertiary/aromatic N) is 1. The Morgan fingerprint density at radius 3 is 0.838 bits per heavy atom. The van der Waals surface area contributed by atoms with Gasteiger partial charge in [-0.05, 0) is 0 Å². The summed E-state index contributed by atoms with van der Waals surface area (Å²) in [5, 5.41) is 7.76. The second-order valence-corrected chi connectivity index (χ2v) is 6.13. The van der Waals surface area contributed by atoms with E-state index in [0.717, 1.165) is 0 Å². The van der Waals surface area contributed by atoms with Crippen LogP contribution in [0, 0.1) is 0 Å². The Morgan fingerprint density at radius 1 is 0.459 bits per heavy atom. The van der Waals surface area contributed by atoms with E-state index in [0.29, 0.717) is 0 Å². The Bertz CT molecular complexity index is 804. The molecule has 0 aliphatic carbocycles. The molecule has 26 heteroatoms. The Hall–Kier alpha value is -0.539. The van der Waals surface area contributed by atoms with Gasteiger partial charge in [-0.1, -0.05) is 0 Å². The Balaban J connectivity index is -0.00000204. The summed E-state index contributed by atoms with van der Waals surface area (Å²) in [4.78, 5) is 4.48. The fourth-order valence-corrected chi connectivity index (χ4v) is 1.81. The molecule has 0 aliphatic rings. The molecule has 0 saturated heterocycles. The van der Waals surface area contributed by atoms with E-state index in [1.807, 2.05) is 0 Å². The van der Waals surface area contributed by atoms with E-state index >= 15 is 0 Å². The molecule has 3 nitrogen and oxygen atoms in total. The van der Waals surface area contributed by atoms with Crippen molar-refractivity contribution in [2.45, 2.75) is 60.1 Å². The van der Waals surface area contributed by atoms with Crippen molar-refractivity contribution in [1.82, 2.24) is 4.90 Å². The van der Waals surface area contributed by atoms with Crippen LogP contribution in [0.4, 0.5) is 96.6 Å². The third-order valence-corrected chi connectivity index (χ3v) is 3.75. The molecule has 0 aromatic carbocycles. The van der Waals surface area contributed by atoms with Crippen molar-refractivity contribution in [1.29, 1.82) is 0 Å². The van der Waals surface area contributed by atoms with E-state index in [1.54, 1.807) is 0 Å². The molecule has 0 bridgehead atoms. The normalized spacial score (nSPS) is 16.1. The van der Waals surface area contributed by atoms with Crippen LogP contribution in [-0.4, -0.2) is 125 Å². The van der Waals surface area contributed by atoms with Crippen LogP contribution in [-0.2, 0) is 4.79 Å². The molecule has 0 saturated carbocycles. The van der Waals surface area contributed by atoms with Crippen LogP contribution in [0.2, 0.25) is 0 Å². The number of alkyl halides is 22. The molecule has 0 heterocycles. The fourth-order valence-electron chi connectivity index (χ4n) is 1.81. The number of carboxylic acids is 1. The predicted octanol–water partition coefficient (Wildman–Crippen LogP) is 6.30. The Labute approximate surface area is 228 Å². The third-order valence-electron chi connectivity index (χ3n) is 3.75. The molecule has 0 aromatic rings. The molecule has 37 heavy (non-hydrogen) atoms. The van der Waals surface area contributed by atoms with Crippen molar-refractivity contribution in [3.05, 3.63) is 0 Å². The number of carboxylic acid groups (broad SMARTS) is 1. The van der Waals surface area contributed by atoms with Gasteiger partial charge in [-0.3, -0.25) is 0 Å². The van der Waals surface area contributed by atoms with E-state index in [2.05, 4.69) is 0 Å². The van der Waals surface area contributed by atoms with Gasteiger partial charge in [0.05, 0.1) is 0 Å². The zero-order valence-electron chi connectivity index (χ0n) is 17.8. The van der Waals surface area contributed by atoms with Crippen molar-refractivity contribution in [3.63, 3.8) is 0 Å². The van der Waals surface area contributed by atoms with Crippen molar-refractivity contribution in [2.24, 2.45) is 0 Å². The van der Waals surface area contributed by atoms with Crippen molar-refractivity contribution >= 4 is 54.9 Å². The fraction of sp³-hybridized carbons (Fsp3) is 0.909. The van der Waals surface area contributed by atoms with Gasteiger partial charge in [-0.15, -0.1) is 4.90 Å². The van der Waals surface area contributed by atoms with Gasteiger partial charge < -0.3 is 7.96 Å². The number of hydrogen-bond donors (Lipinski definition) is 1. The number of carbonyl (C=O) groups is 1. The maximum Gasteiger partial charge on any atom is 2.00 e. The summed E-state index contributed by atoms with van der Waals surface area (Å²) >= 11 is 0. The molecule has 0 radical (unpaired) electrons. The number of aliphatic carboxylic acids is 1. The molecular formula is C11H3BaF22NO2. The predicted molar refractivity (Wildman–Crippen MR) is 69.1 cm³/mol. The van der Waals surface area contributed by atoms with Gasteiger partial charge in [0.25, 0.3) is 0 Å². The SMILES string of the molecule is O=C(O)C(F)(F)C(F)(F)N(C(F)(F)C(F)(F)C(F)(F)C(F)(F)F)C(F)(F)C(F)(F)C(F)(F)C(F)(F)F.[Ba+2].[H-].[H-]. The minimum absolute atomic E-state index is 0. The van der Waals surface area contributed by atoms with Gasteiger partial charge in [-0.25, -0.2) is 4.79 Å². The molecule has 220 valence electrons. The summed E-state index contributed by atoms with van der Waals surface area (Å²) in [5.74, 6) is -48.5. The van der Waals surface area contributed by atoms with Gasteiger partial charge in [0.15, 0.2) is 0 Å². The van der Waals surface area contributed by atoms with Gasteiger partial charge in [0, 0.05) is 0 Å². The summed E-state index contributed by atoms with van der Waals surface area (Å²) < 4.78 is 285. The second kappa shape index (κ2) is 9.83. The molecule has 0 fully saturated rings. The first-order chi connectivity index (χ1) is 15.1. The Morgan fingerprint density at radius 2 is 0.676 bits per heavy atom. The Kier molecular flexibility index (Phi) is 10.3. The molecule has 0 unspecified atom stereocenters. The van der Waals surface area contributed by atoms with Crippen LogP contribution in [0.15, 0.2) is 0 Å². The first kappa shape index (κ1) is 38.6. The molecule has 0 spiro atoms. The van der Waals surface area contributed by atoms with Crippen LogP contribution in [0.1, 0.15) is 2.85 Å². The minimum atomic E-state index is -9.33. The monoisotopic (exact) mass is 737 g/mol. The molecule has 1 N–H and O–H groups in total. The number of rotatable bonds is 9. The maximum absolute atomic E-state index is 13.7. The third kappa shape index (κ3) is 5.31. The summed E-state index contributed by atoms with van der Waals surface area (Å²) in [5.41, 5.74) is 0. The largest absolute Gasteiger partial charge is 2.00 e.